The van der Waals surface area contributed by atoms with Gasteiger partial charge in [0, 0.05) is 28.1 Å². The van der Waals surface area contributed by atoms with Gasteiger partial charge in [-0.25, -0.2) is 4.98 Å². The maximum Gasteiger partial charge on any atom is 0.119 e. The quantitative estimate of drug-likeness (QED) is 0.389. The van der Waals surface area contributed by atoms with Crippen LogP contribution in [-0.2, 0) is 6.42 Å². The number of halogens is 1. The van der Waals surface area contributed by atoms with Crippen LogP contribution in [0.15, 0.2) is 72.8 Å². The molecule has 136 valence electrons. The molecule has 1 aromatic heterocycles. The van der Waals surface area contributed by atoms with Crippen LogP contribution in [0.4, 0.5) is 0 Å². The fourth-order valence-electron chi connectivity index (χ4n) is 3.83. The first-order valence-electron chi connectivity index (χ1n) is 9.00. The number of fused-ring (bicyclic) bond motifs is 3. The molecule has 4 heteroatoms. The summed E-state index contributed by atoms with van der Waals surface area (Å²) >= 11 is 6.20. The van der Waals surface area contributed by atoms with E-state index in [0.717, 1.165) is 44.8 Å². The van der Waals surface area contributed by atoms with Gasteiger partial charge in [-0.1, -0.05) is 48.0 Å². The van der Waals surface area contributed by atoms with E-state index >= 15 is 0 Å². The molecule has 0 spiro atoms. The van der Waals surface area contributed by atoms with Crippen molar-refractivity contribution in [3.63, 3.8) is 0 Å². The van der Waals surface area contributed by atoms with Crippen molar-refractivity contribution in [1.82, 2.24) is 4.98 Å². The lowest BCUT2D eigenvalue weighted by atomic mass is 9.96. The number of hydrogen-bond donors (Lipinski definition) is 2. The van der Waals surface area contributed by atoms with E-state index in [1.165, 1.54) is 0 Å². The van der Waals surface area contributed by atoms with Gasteiger partial charge in [0.05, 0.1) is 11.4 Å². The van der Waals surface area contributed by atoms with Crippen molar-refractivity contribution in [1.29, 1.82) is 0 Å². The minimum Gasteiger partial charge on any atom is -0.508 e. The van der Waals surface area contributed by atoms with Crippen molar-refractivity contribution in [2.24, 2.45) is 0 Å². The number of aromatic nitrogens is 1. The van der Waals surface area contributed by atoms with Gasteiger partial charge in [0.25, 0.3) is 0 Å². The molecule has 28 heavy (non-hydrogen) atoms. The van der Waals surface area contributed by atoms with Gasteiger partial charge in [-0.05, 0) is 53.1 Å². The summed E-state index contributed by atoms with van der Waals surface area (Å²) in [6, 6.07) is 22.4. The first kappa shape index (κ1) is 16.8. The predicted octanol–water partition coefficient (Wildman–Crippen LogP) is 6.05. The van der Waals surface area contributed by atoms with Crippen LogP contribution >= 0.6 is 11.6 Å². The summed E-state index contributed by atoms with van der Waals surface area (Å²) in [7, 11) is 0. The van der Waals surface area contributed by atoms with E-state index in [2.05, 4.69) is 6.07 Å². The zero-order valence-corrected chi connectivity index (χ0v) is 15.6. The second-order valence-corrected chi connectivity index (χ2v) is 7.36. The van der Waals surface area contributed by atoms with Crippen LogP contribution in [0.25, 0.3) is 33.6 Å². The Hall–Kier alpha value is -3.30. The highest BCUT2D eigenvalue weighted by Crippen LogP contribution is 2.45. The second kappa shape index (κ2) is 6.39. The van der Waals surface area contributed by atoms with Crippen molar-refractivity contribution in [3.05, 3.63) is 88.9 Å². The number of aromatic hydroxyl groups is 2. The fourth-order valence-corrected chi connectivity index (χ4v) is 4.02. The van der Waals surface area contributed by atoms with Gasteiger partial charge in [0.2, 0.25) is 0 Å². The summed E-state index contributed by atoms with van der Waals surface area (Å²) in [5.74, 6) is 0.516. The van der Waals surface area contributed by atoms with Crippen LogP contribution < -0.4 is 0 Å². The molecular formula is C24H16ClNO2. The van der Waals surface area contributed by atoms with Crippen LogP contribution in [0.2, 0.25) is 5.02 Å². The Kier molecular flexibility index (Phi) is 3.85. The summed E-state index contributed by atoms with van der Waals surface area (Å²) in [5, 5.41) is 20.7. The number of nitrogens with zero attached hydrogens (tertiary/aromatic N) is 1. The van der Waals surface area contributed by atoms with E-state index < -0.39 is 0 Å². The molecule has 3 aromatic carbocycles. The number of pyridine rings is 1. The predicted molar refractivity (Wildman–Crippen MR) is 112 cm³/mol. The third-order valence-corrected chi connectivity index (χ3v) is 5.42. The molecule has 0 aliphatic heterocycles. The summed E-state index contributed by atoms with van der Waals surface area (Å²) in [4.78, 5) is 4.93. The molecule has 5 rings (SSSR count). The van der Waals surface area contributed by atoms with E-state index in [1.54, 1.807) is 18.2 Å². The Balaban J connectivity index is 1.79. The number of phenols is 2. The average molecular weight is 386 g/mol. The van der Waals surface area contributed by atoms with Gasteiger partial charge in [-0.3, -0.25) is 0 Å². The van der Waals surface area contributed by atoms with Crippen molar-refractivity contribution in [3.8, 4) is 45.1 Å². The van der Waals surface area contributed by atoms with Gasteiger partial charge < -0.3 is 10.2 Å². The summed E-state index contributed by atoms with van der Waals surface area (Å²) in [6.45, 7) is 0. The average Bonchev–Trinajstić information content (AvgIpc) is 3.08. The standard InChI is InChI=1S/C24H16ClNO2/c25-16-4-1-3-15(11-16)22-13-19(14-7-9-17(27)10-8-14)21-12-20-18(24(21)26-22)5-2-6-23(20)28/h1-11,13,27-28H,12H2. The molecule has 0 amide bonds. The Bertz CT molecular complexity index is 1220. The molecule has 1 aliphatic carbocycles. The first-order chi connectivity index (χ1) is 13.6. The van der Waals surface area contributed by atoms with Gasteiger partial charge in [0.1, 0.15) is 11.5 Å². The van der Waals surface area contributed by atoms with Crippen LogP contribution in [-0.4, -0.2) is 15.2 Å². The topological polar surface area (TPSA) is 53.4 Å². The lowest BCUT2D eigenvalue weighted by Crippen LogP contribution is -1.94. The fraction of sp³-hybridized carbons (Fsp3) is 0.0417. The van der Waals surface area contributed by atoms with E-state index in [0.29, 0.717) is 11.4 Å². The number of hydrogen-bond acceptors (Lipinski definition) is 3. The molecule has 0 unspecified atom stereocenters. The van der Waals surface area contributed by atoms with Crippen LogP contribution in [0.1, 0.15) is 11.1 Å². The molecule has 2 N–H and O–H groups in total. The summed E-state index contributed by atoms with van der Waals surface area (Å²) in [5.41, 5.74) is 7.60. The molecule has 1 aliphatic rings. The highest BCUT2D eigenvalue weighted by atomic mass is 35.5. The van der Waals surface area contributed by atoms with Crippen molar-refractivity contribution < 1.29 is 10.2 Å². The Labute approximate surface area is 167 Å². The lowest BCUT2D eigenvalue weighted by molar-refractivity contribution is 0.470. The molecular weight excluding hydrogens is 370 g/mol. The highest BCUT2D eigenvalue weighted by Gasteiger charge is 2.26. The first-order valence-corrected chi connectivity index (χ1v) is 9.38. The van der Waals surface area contributed by atoms with Gasteiger partial charge in [0.15, 0.2) is 0 Å². The van der Waals surface area contributed by atoms with Crippen molar-refractivity contribution in [2.75, 3.05) is 0 Å². The number of phenolic OH excluding ortho intramolecular Hbond substituents is 2. The number of rotatable bonds is 2. The van der Waals surface area contributed by atoms with Gasteiger partial charge in [-0.2, -0.15) is 0 Å². The molecule has 1 heterocycles. The smallest absolute Gasteiger partial charge is 0.119 e. The minimum atomic E-state index is 0.227. The largest absolute Gasteiger partial charge is 0.508 e. The zero-order valence-electron chi connectivity index (χ0n) is 14.9. The molecule has 3 nitrogen and oxygen atoms in total. The molecule has 0 saturated carbocycles. The van der Waals surface area contributed by atoms with Crippen LogP contribution in [0, 0.1) is 0 Å². The molecule has 0 atom stereocenters. The summed E-state index contributed by atoms with van der Waals surface area (Å²) < 4.78 is 0. The van der Waals surface area contributed by atoms with Crippen LogP contribution in [0.3, 0.4) is 0 Å². The Morgan fingerprint density at radius 3 is 2.32 bits per heavy atom. The third kappa shape index (κ3) is 2.72. The van der Waals surface area contributed by atoms with Crippen molar-refractivity contribution in [2.45, 2.75) is 6.42 Å². The Morgan fingerprint density at radius 2 is 1.54 bits per heavy atom. The molecule has 0 saturated heterocycles. The highest BCUT2D eigenvalue weighted by molar-refractivity contribution is 6.30. The van der Waals surface area contributed by atoms with Crippen molar-refractivity contribution >= 4 is 11.6 Å². The lowest BCUT2D eigenvalue weighted by Gasteiger charge is -2.12. The van der Waals surface area contributed by atoms with Gasteiger partial charge >= 0.3 is 0 Å². The minimum absolute atomic E-state index is 0.227. The molecule has 0 radical (unpaired) electrons. The SMILES string of the molecule is Oc1ccc(-c2cc(-c3cccc(Cl)c3)nc3c2Cc2c(O)cccc2-3)cc1. The van der Waals surface area contributed by atoms with E-state index in [4.69, 9.17) is 16.6 Å². The van der Waals surface area contributed by atoms with Crippen LogP contribution in [0.5, 0.6) is 11.5 Å². The molecule has 0 fully saturated rings. The van der Waals surface area contributed by atoms with E-state index in [9.17, 15) is 10.2 Å². The van der Waals surface area contributed by atoms with E-state index in [1.807, 2.05) is 48.5 Å². The number of benzene rings is 3. The van der Waals surface area contributed by atoms with Gasteiger partial charge in [-0.15, -0.1) is 0 Å². The Morgan fingerprint density at radius 1 is 0.750 bits per heavy atom. The summed E-state index contributed by atoms with van der Waals surface area (Å²) in [6.07, 6.45) is 0.621. The van der Waals surface area contributed by atoms with E-state index in [-0.39, 0.29) is 11.5 Å². The zero-order chi connectivity index (χ0) is 19.3. The maximum absolute atomic E-state index is 10.3. The maximum atomic E-state index is 10.3. The monoisotopic (exact) mass is 385 g/mol. The molecule has 0 bridgehead atoms. The third-order valence-electron chi connectivity index (χ3n) is 5.18. The second-order valence-electron chi connectivity index (χ2n) is 6.92. The normalized spacial score (nSPS) is 11.9. The molecule has 4 aromatic rings.